The molecule has 0 spiro atoms. The monoisotopic (exact) mass is 342 g/mol. The molecular formula is C14H12Cl2N2O2S. The molecule has 0 bridgehead atoms. The highest BCUT2D eigenvalue weighted by molar-refractivity contribution is 7.92. The van der Waals surface area contributed by atoms with Gasteiger partial charge in [-0.25, -0.2) is 8.42 Å². The number of sulfonamides is 1. The average molecular weight is 343 g/mol. The average Bonchev–Trinajstić information content (AvgIpc) is 2.90. The van der Waals surface area contributed by atoms with Crippen molar-refractivity contribution in [2.45, 2.75) is 11.3 Å². The second kappa shape index (κ2) is 5.40. The Labute approximate surface area is 133 Å². The van der Waals surface area contributed by atoms with Gasteiger partial charge >= 0.3 is 0 Å². The highest BCUT2D eigenvalue weighted by atomic mass is 35.5. The maximum Gasteiger partial charge on any atom is 0.262 e. The summed E-state index contributed by atoms with van der Waals surface area (Å²) in [5, 5.41) is 3.66. The van der Waals surface area contributed by atoms with Gasteiger partial charge in [0, 0.05) is 12.2 Å². The highest BCUT2D eigenvalue weighted by Crippen LogP contribution is 2.33. The van der Waals surface area contributed by atoms with E-state index in [0.29, 0.717) is 0 Å². The van der Waals surface area contributed by atoms with Crippen LogP contribution in [0.4, 0.5) is 11.4 Å². The predicted molar refractivity (Wildman–Crippen MR) is 85.9 cm³/mol. The Morgan fingerprint density at radius 1 is 1.10 bits per heavy atom. The molecule has 110 valence electrons. The van der Waals surface area contributed by atoms with Gasteiger partial charge in [0.15, 0.2) is 0 Å². The minimum Gasteiger partial charge on any atom is -0.384 e. The van der Waals surface area contributed by atoms with Gasteiger partial charge < -0.3 is 5.32 Å². The zero-order valence-electron chi connectivity index (χ0n) is 10.9. The zero-order chi connectivity index (χ0) is 15.0. The number of hydrogen-bond acceptors (Lipinski definition) is 3. The van der Waals surface area contributed by atoms with Crippen LogP contribution in [0, 0.1) is 0 Å². The van der Waals surface area contributed by atoms with Gasteiger partial charge in [0.25, 0.3) is 10.0 Å². The van der Waals surface area contributed by atoms with Crippen molar-refractivity contribution < 1.29 is 8.42 Å². The minimum atomic E-state index is -3.74. The summed E-state index contributed by atoms with van der Waals surface area (Å²) < 4.78 is 27.3. The van der Waals surface area contributed by atoms with E-state index in [2.05, 4.69) is 10.0 Å². The molecule has 1 aliphatic rings. The van der Waals surface area contributed by atoms with Gasteiger partial charge in [0.1, 0.15) is 0 Å². The second-order valence-electron chi connectivity index (χ2n) is 4.70. The molecule has 0 atom stereocenters. The zero-order valence-corrected chi connectivity index (χ0v) is 13.2. The third kappa shape index (κ3) is 2.81. The van der Waals surface area contributed by atoms with E-state index < -0.39 is 10.0 Å². The van der Waals surface area contributed by atoms with E-state index in [1.54, 1.807) is 30.3 Å². The molecule has 1 aliphatic heterocycles. The number of anilines is 2. The summed E-state index contributed by atoms with van der Waals surface area (Å²) in [6.07, 6.45) is 0.902. The fraction of sp³-hybridized carbons (Fsp3) is 0.143. The predicted octanol–water partition coefficient (Wildman–Crippen LogP) is 3.76. The number of halogens is 2. The van der Waals surface area contributed by atoms with Crippen LogP contribution >= 0.6 is 23.2 Å². The quantitative estimate of drug-likeness (QED) is 0.892. The maximum absolute atomic E-state index is 12.4. The van der Waals surface area contributed by atoms with Crippen LogP contribution in [-0.2, 0) is 16.4 Å². The van der Waals surface area contributed by atoms with Crippen molar-refractivity contribution in [3.63, 3.8) is 0 Å². The van der Waals surface area contributed by atoms with Crippen molar-refractivity contribution in [2.75, 3.05) is 16.6 Å². The van der Waals surface area contributed by atoms with Gasteiger partial charge in [-0.1, -0.05) is 35.3 Å². The van der Waals surface area contributed by atoms with E-state index in [0.717, 1.165) is 24.2 Å². The molecule has 7 heteroatoms. The second-order valence-corrected chi connectivity index (χ2v) is 7.19. The van der Waals surface area contributed by atoms with Crippen molar-refractivity contribution >= 4 is 44.6 Å². The normalized spacial score (nSPS) is 13.6. The summed E-state index contributed by atoms with van der Waals surface area (Å²) in [6, 6.07) is 9.83. The largest absolute Gasteiger partial charge is 0.384 e. The first kappa shape index (κ1) is 14.5. The van der Waals surface area contributed by atoms with Crippen LogP contribution in [-0.4, -0.2) is 15.0 Å². The summed E-state index contributed by atoms with van der Waals surface area (Å²) in [5.74, 6) is 0. The van der Waals surface area contributed by atoms with Crippen LogP contribution < -0.4 is 10.0 Å². The van der Waals surface area contributed by atoms with Crippen molar-refractivity contribution in [2.24, 2.45) is 0 Å². The molecular weight excluding hydrogens is 331 g/mol. The smallest absolute Gasteiger partial charge is 0.262 e. The fourth-order valence-electron chi connectivity index (χ4n) is 2.23. The van der Waals surface area contributed by atoms with E-state index >= 15 is 0 Å². The lowest BCUT2D eigenvalue weighted by molar-refractivity contribution is 0.601. The molecule has 0 saturated carbocycles. The minimum absolute atomic E-state index is 0.173. The summed E-state index contributed by atoms with van der Waals surface area (Å²) in [5.41, 5.74) is 2.15. The summed E-state index contributed by atoms with van der Waals surface area (Å²) in [6.45, 7) is 0.822. The molecule has 0 saturated heterocycles. The molecule has 0 unspecified atom stereocenters. The maximum atomic E-state index is 12.4. The number of nitrogens with one attached hydrogen (secondary N) is 2. The SMILES string of the molecule is O=S(=O)(Nc1c(Cl)cccc1Cl)c1ccc2c(c1)NCC2. The third-order valence-corrected chi connectivity index (χ3v) is 5.28. The molecule has 21 heavy (non-hydrogen) atoms. The van der Waals surface area contributed by atoms with E-state index in [1.807, 2.05) is 6.07 Å². The lowest BCUT2D eigenvalue weighted by Gasteiger charge is -2.12. The number of benzene rings is 2. The van der Waals surface area contributed by atoms with E-state index in [9.17, 15) is 8.42 Å². The van der Waals surface area contributed by atoms with Crippen LogP contribution in [0.2, 0.25) is 10.0 Å². The van der Waals surface area contributed by atoms with Gasteiger partial charge in [-0.15, -0.1) is 0 Å². The van der Waals surface area contributed by atoms with Crippen molar-refractivity contribution in [3.8, 4) is 0 Å². The Hall–Kier alpha value is -1.43. The lowest BCUT2D eigenvalue weighted by atomic mass is 10.2. The Kier molecular flexibility index (Phi) is 3.73. The first-order valence-corrected chi connectivity index (χ1v) is 8.55. The number of rotatable bonds is 3. The Balaban J connectivity index is 1.98. The van der Waals surface area contributed by atoms with Gasteiger partial charge in [-0.05, 0) is 36.2 Å². The van der Waals surface area contributed by atoms with Gasteiger partial charge in [-0.3, -0.25) is 4.72 Å². The number of hydrogen-bond donors (Lipinski definition) is 2. The Morgan fingerprint density at radius 2 is 1.81 bits per heavy atom. The van der Waals surface area contributed by atoms with Crippen LogP contribution in [0.1, 0.15) is 5.56 Å². The molecule has 3 rings (SSSR count). The van der Waals surface area contributed by atoms with Crippen LogP contribution in [0.3, 0.4) is 0 Å². The lowest BCUT2D eigenvalue weighted by Crippen LogP contribution is -2.13. The third-order valence-electron chi connectivity index (χ3n) is 3.30. The van der Waals surface area contributed by atoms with E-state index in [1.165, 1.54) is 0 Å². The van der Waals surface area contributed by atoms with Crippen molar-refractivity contribution in [1.29, 1.82) is 0 Å². The van der Waals surface area contributed by atoms with Gasteiger partial charge in [0.05, 0.1) is 20.6 Å². The highest BCUT2D eigenvalue weighted by Gasteiger charge is 2.20. The van der Waals surface area contributed by atoms with Gasteiger partial charge in [-0.2, -0.15) is 0 Å². The summed E-state index contributed by atoms with van der Waals surface area (Å²) in [4.78, 5) is 0.173. The van der Waals surface area contributed by atoms with Gasteiger partial charge in [0.2, 0.25) is 0 Å². The molecule has 0 radical (unpaired) electrons. The molecule has 0 fully saturated rings. The van der Waals surface area contributed by atoms with Crippen LogP contribution in [0.5, 0.6) is 0 Å². The first-order valence-electron chi connectivity index (χ1n) is 6.31. The molecule has 0 amide bonds. The molecule has 2 N–H and O–H groups in total. The molecule has 0 aliphatic carbocycles. The topological polar surface area (TPSA) is 58.2 Å². The summed E-state index contributed by atoms with van der Waals surface area (Å²) in [7, 11) is -3.74. The van der Waals surface area contributed by atoms with Crippen LogP contribution in [0.15, 0.2) is 41.3 Å². The first-order chi connectivity index (χ1) is 9.97. The number of para-hydroxylation sites is 1. The van der Waals surface area contributed by atoms with E-state index in [4.69, 9.17) is 23.2 Å². The van der Waals surface area contributed by atoms with Crippen molar-refractivity contribution in [3.05, 3.63) is 52.0 Å². The number of fused-ring (bicyclic) bond motifs is 1. The standard InChI is InChI=1S/C14H12Cl2N2O2S/c15-11-2-1-3-12(16)14(11)18-21(19,20)10-5-4-9-6-7-17-13(9)8-10/h1-5,8,17-18H,6-7H2. The molecule has 0 aromatic heterocycles. The summed E-state index contributed by atoms with van der Waals surface area (Å²) >= 11 is 12.0. The fourth-order valence-corrected chi connectivity index (χ4v) is 3.96. The Bertz CT molecular complexity index is 786. The molecule has 2 aromatic rings. The molecule has 4 nitrogen and oxygen atoms in total. The van der Waals surface area contributed by atoms with Crippen molar-refractivity contribution in [1.82, 2.24) is 0 Å². The molecule has 2 aromatic carbocycles. The van der Waals surface area contributed by atoms with Crippen LogP contribution in [0.25, 0.3) is 0 Å². The Morgan fingerprint density at radius 3 is 2.52 bits per heavy atom. The molecule has 1 heterocycles. The van der Waals surface area contributed by atoms with E-state index in [-0.39, 0.29) is 20.6 Å².